The molecule has 142 valence electrons. The molecule has 0 bridgehead atoms. The first-order valence-corrected chi connectivity index (χ1v) is 8.93. The molecule has 1 amide bonds. The summed E-state index contributed by atoms with van der Waals surface area (Å²) >= 11 is 0. The summed E-state index contributed by atoms with van der Waals surface area (Å²) < 4.78 is 5.38. The lowest BCUT2D eigenvalue weighted by Gasteiger charge is -2.23. The molecule has 0 radical (unpaired) electrons. The number of amides is 1. The number of aromatic amines is 1. The lowest BCUT2D eigenvalue weighted by atomic mass is 10.0. The minimum absolute atomic E-state index is 0.0210. The Kier molecular flexibility index (Phi) is 5.19. The van der Waals surface area contributed by atoms with E-state index in [9.17, 15) is 14.7 Å². The van der Waals surface area contributed by atoms with E-state index >= 15 is 0 Å². The number of aliphatic hydroxyl groups is 1. The number of hydrogen-bond donors (Lipinski definition) is 3. The first kappa shape index (κ1) is 18.9. The summed E-state index contributed by atoms with van der Waals surface area (Å²) in [4.78, 5) is 28.0. The van der Waals surface area contributed by atoms with Crippen LogP contribution in [0.4, 0.5) is 0 Å². The van der Waals surface area contributed by atoms with Crippen LogP contribution in [0, 0.1) is 6.92 Å². The number of aliphatic hydroxyl groups excluding tert-OH is 1. The molecule has 0 aliphatic heterocycles. The highest BCUT2D eigenvalue weighted by Crippen LogP contribution is 2.20. The summed E-state index contributed by atoms with van der Waals surface area (Å²) in [7, 11) is 0. The summed E-state index contributed by atoms with van der Waals surface area (Å²) in [5, 5.41) is 13.1. The number of aromatic nitrogens is 1. The third-order valence-corrected chi connectivity index (χ3v) is 4.59. The quantitative estimate of drug-likeness (QED) is 0.623. The maximum atomic E-state index is 12.4. The number of carbonyl (C=O) groups is 1. The minimum Gasteiger partial charge on any atom is -0.427 e. The van der Waals surface area contributed by atoms with E-state index in [2.05, 4.69) is 16.4 Å². The van der Waals surface area contributed by atoms with Crippen molar-refractivity contribution in [2.75, 3.05) is 6.61 Å². The fraction of sp³-hybridized carbons (Fsp3) is 0.333. The predicted octanol–water partition coefficient (Wildman–Crippen LogP) is 2.72. The second-order valence-electron chi connectivity index (χ2n) is 7.41. The molecule has 0 fully saturated rings. The number of hydrogen-bond acceptors (Lipinski definition) is 4. The van der Waals surface area contributed by atoms with E-state index in [-0.39, 0.29) is 12.2 Å². The van der Waals surface area contributed by atoms with Gasteiger partial charge in [0.25, 0.3) is 5.91 Å². The Labute approximate surface area is 157 Å². The van der Waals surface area contributed by atoms with Gasteiger partial charge in [-0.15, -0.1) is 0 Å². The third kappa shape index (κ3) is 4.11. The van der Waals surface area contributed by atoms with E-state index in [0.717, 1.165) is 22.9 Å². The Morgan fingerprint density at radius 1 is 1.26 bits per heavy atom. The molecule has 0 atom stereocenters. The third-order valence-electron chi connectivity index (χ3n) is 4.59. The first-order valence-electron chi connectivity index (χ1n) is 8.93. The van der Waals surface area contributed by atoms with Gasteiger partial charge in [-0.05, 0) is 50.5 Å². The van der Waals surface area contributed by atoms with Crippen LogP contribution in [0.15, 0.2) is 45.7 Å². The normalized spacial score (nSPS) is 11.7. The number of rotatable bonds is 6. The van der Waals surface area contributed by atoms with E-state index in [1.807, 2.05) is 24.4 Å². The number of aryl methyl sites for hydroxylation is 3. The summed E-state index contributed by atoms with van der Waals surface area (Å²) in [5.41, 5.74) is 1.29. The van der Waals surface area contributed by atoms with E-state index in [1.165, 1.54) is 0 Å². The topological polar surface area (TPSA) is 95.3 Å². The van der Waals surface area contributed by atoms with Gasteiger partial charge in [-0.3, -0.25) is 4.79 Å². The lowest BCUT2D eigenvalue weighted by Crippen LogP contribution is -2.47. The van der Waals surface area contributed by atoms with Gasteiger partial charge >= 0.3 is 5.63 Å². The maximum absolute atomic E-state index is 12.4. The van der Waals surface area contributed by atoms with Crippen molar-refractivity contribution in [3.05, 3.63) is 69.4 Å². The predicted molar refractivity (Wildman–Crippen MR) is 104 cm³/mol. The smallest absolute Gasteiger partial charge is 0.349 e. The van der Waals surface area contributed by atoms with Crippen LogP contribution in [0.2, 0.25) is 0 Å². The Bertz CT molecular complexity index is 1030. The molecule has 0 saturated heterocycles. The van der Waals surface area contributed by atoms with Crippen LogP contribution >= 0.6 is 0 Å². The van der Waals surface area contributed by atoms with Gasteiger partial charge in [0.15, 0.2) is 0 Å². The number of fused-ring (bicyclic) bond motifs is 1. The molecule has 1 aromatic carbocycles. The molecule has 0 spiro atoms. The van der Waals surface area contributed by atoms with Gasteiger partial charge in [0.2, 0.25) is 0 Å². The van der Waals surface area contributed by atoms with Crippen molar-refractivity contribution in [1.82, 2.24) is 10.3 Å². The standard InChI is InChI=1S/C21H24N2O4/c1-13-10-15(9-8-14-11-22-17-7-5-4-6-16(14)17)27-20(26)18(13)19(25)23-21(2,3)12-24/h4-7,10-11,22,24H,8-9,12H2,1-3H3,(H,23,25). The van der Waals surface area contributed by atoms with Gasteiger partial charge in [0.05, 0.1) is 12.1 Å². The average Bonchev–Trinajstić information content (AvgIpc) is 3.02. The van der Waals surface area contributed by atoms with Crippen molar-refractivity contribution in [1.29, 1.82) is 0 Å². The summed E-state index contributed by atoms with van der Waals surface area (Å²) in [5.74, 6) is 0.00391. The van der Waals surface area contributed by atoms with Crippen molar-refractivity contribution in [3.63, 3.8) is 0 Å². The van der Waals surface area contributed by atoms with Crippen molar-refractivity contribution in [2.24, 2.45) is 0 Å². The Morgan fingerprint density at radius 3 is 2.70 bits per heavy atom. The molecular weight excluding hydrogens is 344 g/mol. The van der Waals surface area contributed by atoms with Crippen molar-refractivity contribution < 1.29 is 14.3 Å². The molecule has 0 saturated carbocycles. The molecule has 0 unspecified atom stereocenters. The minimum atomic E-state index is -0.816. The molecule has 6 nitrogen and oxygen atoms in total. The van der Waals surface area contributed by atoms with Gasteiger partial charge in [0, 0.05) is 23.5 Å². The Hall–Kier alpha value is -2.86. The zero-order valence-corrected chi connectivity index (χ0v) is 15.8. The van der Waals surface area contributed by atoms with Gasteiger partial charge in [-0.2, -0.15) is 0 Å². The number of nitrogens with one attached hydrogen (secondary N) is 2. The summed E-state index contributed by atoms with van der Waals surface area (Å²) in [6, 6.07) is 9.78. The van der Waals surface area contributed by atoms with Gasteiger partial charge in [0.1, 0.15) is 11.3 Å². The first-order chi connectivity index (χ1) is 12.8. The monoisotopic (exact) mass is 368 g/mol. The van der Waals surface area contributed by atoms with Crippen LogP contribution < -0.4 is 10.9 Å². The zero-order chi connectivity index (χ0) is 19.6. The van der Waals surface area contributed by atoms with Crippen LogP contribution in [0.25, 0.3) is 10.9 Å². The number of carbonyl (C=O) groups excluding carboxylic acids is 1. The average molecular weight is 368 g/mol. The fourth-order valence-electron chi connectivity index (χ4n) is 3.07. The van der Waals surface area contributed by atoms with E-state index in [1.54, 1.807) is 26.8 Å². The largest absolute Gasteiger partial charge is 0.427 e. The molecule has 0 aliphatic carbocycles. The molecular formula is C21H24N2O4. The highest BCUT2D eigenvalue weighted by molar-refractivity contribution is 5.95. The summed E-state index contributed by atoms with van der Waals surface area (Å²) in [6.07, 6.45) is 3.24. The van der Waals surface area contributed by atoms with Gasteiger partial charge in [-0.1, -0.05) is 18.2 Å². The SMILES string of the molecule is Cc1cc(CCc2c[nH]c3ccccc23)oc(=O)c1C(=O)NC(C)(C)CO. The molecule has 3 N–H and O–H groups in total. The van der Waals surface area contributed by atoms with Crippen LogP contribution in [-0.2, 0) is 12.8 Å². The number of para-hydroxylation sites is 1. The molecule has 3 aromatic rings. The number of H-pyrrole nitrogens is 1. The molecule has 2 aromatic heterocycles. The van der Waals surface area contributed by atoms with Crippen LogP contribution in [0.5, 0.6) is 0 Å². The van der Waals surface area contributed by atoms with Crippen LogP contribution in [0.3, 0.4) is 0 Å². The highest BCUT2D eigenvalue weighted by Gasteiger charge is 2.24. The highest BCUT2D eigenvalue weighted by atomic mass is 16.4. The van der Waals surface area contributed by atoms with Crippen LogP contribution in [-0.4, -0.2) is 28.1 Å². The van der Waals surface area contributed by atoms with Gasteiger partial charge in [-0.25, -0.2) is 4.79 Å². The molecule has 0 aliphatic rings. The Morgan fingerprint density at radius 2 is 2.00 bits per heavy atom. The molecule has 27 heavy (non-hydrogen) atoms. The Balaban J connectivity index is 1.78. The second-order valence-corrected chi connectivity index (χ2v) is 7.41. The van der Waals surface area contributed by atoms with E-state index < -0.39 is 17.1 Å². The van der Waals surface area contributed by atoms with Gasteiger partial charge < -0.3 is 19.8 Å². The van der Waals surface area contributed by atoms with Crippen molar-refractivity contribution in [2.45, 2.75) is 39.2 Å². The van der Waals surface area contributed by atoms with Crippen molar-refractivity contribution >= 4 is 16.8 Å². The molecule has 6 heteroatoms. The second kappa shape index (κ2) is 7.40. The molecule has 3 rings (SSSR count). The fourth-order valence-corrected chi connectivity index (χ4v) is 3.07. The number of benzene rings is 1. The van der Waals surface area contributed by atoms with E-state index in [4.69, 9.17) is 4.42 Å². The zero-order valence-electron chi connectivity index (χ0n) is 15.8. The van der Waals surface area contributed by atoms with Crippen LogP contribution in [0.1, 0.15) is 41.1 Å². The summed E-state index contributed by atoms with van der Waals surface area (Å²) in [6.45, 7) is 4.84. The maximum Gasteiger partial charge on any atom is 0.349 e. The van der Waals surface area contributed by atoms with Crippen molar-refractivity contribution in [3.8, 4) is 0 Å². The van der Waals surface area contributed by atoms with E-state index in [0.29, 0.717) is 17.7 Å². The lowest BCUT2D eigenvalue weighted by molar-refractivity contribution is 0.0864. The molecule has 2 heterocycles.